The first-order valence-electron chi connectivity index (χ1n) is 14.6. The van der Waals surface area contributed by atoms with Crippen LogP contribution in [0, 0.1) is 0 Å². The molecule has 206 valence electrons. The molecule has 8 aromatic rings. The summed E-state index contributed by atoms with van der Waals surface area (Å²) >= 11 is 0. The molecular formula is C40H26N4. The fourth-order valence-electron chi connectivity index (χ4n) is 5.86. The fourth-order valence-corrected chi connectivity index (χ4v) is 5.86. The normalized spacial score (nSPS) is 11.2. The summed E-state index contributed by atoms with van der Waals surface area (Å²) in [7, 11) is 0. The van der Waals surface area contributed by atoms with Gasteiger partial charge in [-0.05, 0) is 58.7 Å². The zero-order chi connectivity index (χ0) is 29.3. The topological polar surface area (TPSA) is 51.6 Å². The molecule has 0 saturated heterocycles. The summed E-state index contributed by atoms with van der Waals surface area (Å²) in [5.41, 5.74) is 12.3. The predicted molar refractivity (Wildman–Crippen MR) is 180 cm³/mol. The van der Waals surface area contributed by atoms with Crippen molar-refractivity contribution in [3.63, 3.8) is 0 Å². The monoisotopic (exact) mass is 562 g/mol. The highest BCUT2D eigenvalue weighted by Gasteiger charge is 2.15. The minimum Gasteiger partial charge on any atom is -0.256 e. The summed E-state index contributed by atoms with van der Waals surface area (Å²) in [6.07, 6.45) is 5.54. The van der Waals surface area contributed by atoms with Gasteiger partial charge in [-0.2, -0.15) is 0 Å². The zero-order valence-electron chi connectivity index (χ0n) is 23.8. The molecule has 0 radical (unpaired) electrons. The van der Waals surface area contributed by atoms with Crippen LogP contribution in [0.1, 0.15) is 0 Å². The third kappa shape index (κ3) is 4.69. The quantitative estimate of drug-likeness (QED) is 0.196. The number of aromatic nitrogens is 4. The smallest absolute Gasteiger partial charge is 0.0978 e. The van der Waals surface area contributed by atoms with Crippen molar-refractivity contribution in [2.24, 2.45) is 0 Å². The molecule has 0 aliphatic rings. The summed E-state index contributed by atoms with van der Waals surface area (Å²) in [6, 6.07) is 48.2. The lowest BCUT2D eigenvalue weighted by Gasteiger charge is -2.14. The number of fused-ring (bicyclic) bond motifs is 3. The van der Waals surface area contributed by atoms with Crippen LogP contribution in [-0.4, -0.2) is 19.9 Å². The van der Waals surface area contributed by atoms with E-state index in [1.807, 2.05) is 61.1 Å². The van der Waals surface area contributed by atoms with Crippen molar-refractivity contribution in [1.29, 1.82) is 0 Å². The van der Waals surface area contributed by atoms with E-state index in [4.69, 9.17) is 9.97 Å². The molecule has 4 aromatic carbocycles. The van der Waals surface area contributed by atoms with Crippen molar-refractivity contribution in [2.45, 2.75) is 0 Å². The first kappa shape index (κ1) is 25.7. The summed E-state index contributed by atoms with van der Waals surface area (Å²) in [4.78, 5) is 19.2. The second-order valence-corrected chi connectivity index (χ2v) is 10.7. The maximum atomic E-state index is 5.23. The first-order valence-corrected chi connectivity index (χ1v) is 14.6. The third-order valence-corrected chi connectivity index (χ3v) is 8.07. The summed E-state index contributed by atoms with van der Waals surface area (Å²) < 4.78 is 0. The van der Waals surface area contributed by atoms with Gasteiger partial charge in [-0.15, -0.1) is 0 Å². The molecule has 0 amide bonds. The van der Waals surface area contributed by atoms with Gasteiger partial charge in [-0.3, -0.25) is 15.0 Å². The SMILES string of the molecule is c1ccc(-c2cc(-c3ccc(-c4ccccn4)cc3)c3ccc4c(-c5ccc(-c6ccccn6)cc5)ccnc4c3n2)cc1. The molecule has 4 heterocycles. The summed E-state index contributed by atoms with van der Waals surface area (Å²) in [5.74, 6) is 0. The Morgan fingerprint density at radius 2 is 0.841 bits per heavy atom. The number of pyridine rings is 4. The van der Waals surface area contributed by atoms with Crippen LogP contribution in [0.2, 0.25) is 0 Å². The lowest BCUT2D eigenvalue weighted by atomic mass is 9.94. The van der Waals surface area contributed by atoms with Gasteiger partial charge in [-0.25, -0.2) is 4.98 Å². The Labute approximate surface area is 255 Å². The molecule has 4 aromatic heterocycles. The van der Waals surface area contributed by atoms with Crippen molar-refractivity contribution in [3.8, 4) is 56.0 Å². The van der Waals surface area contributed by atoms with Crippen LogP contribution in [0.15, 0.2) is 158 Å². The van der Waals surface area contributed by atoms with E-state index in [2.05, 4.69) is 107 Å². The van der Waals surface area contributed by atoms with Gasteiger partial charge in [0.25, 0.3) is 0 Å². The van der Waals surface area contributed by atoms with E-state index in [1.54, 1.807) is 0 Å². The molecule has 0 atom stereocenters. The molecule has 0 unspecified atom stereocenters. The number of hydrogen-bond donors (Lipinski definition) is 0. The van der Waals surface area contributed by atoms with Crippen LogP contribution in [0.4, 0.5) is 0 Å². The van der Waals surface area contributed by atoms with Crippen molar-refractivity contribution >= 4 is 21.8 Å². The van der Waals surface area contributed by atoms with Crippen molar-refractivity contribution in [2.75, 3.05) is 0 Å². The van der Waals surface area contributed by atoms with E-state index in [-0.39, 0.29) is 0 Å². The second-order valence-electron chi connectivity index (χ2n) is 10.7. The minimum absolute atomic E-state index is 0.887. The molecule has 0 bridgehead atoms. The Bertz CT molecular complexity index is 2230. The van der Waals surface area contributed by atoms with Crippen LogP contribution in [0.5, 0.6) is 0 Å². The van der Waals surface area contributed by atoms with Crippen LogP contribution < -0.4 is 0 Å². The van der Waals surface area contributed by atoms with E-state index in [1.165, 1.54) is 0 Å². The van der Waals surface area contributed by atoms with Gasteiger partial charge in [0.1, 0.15) is 0 Å². The van der Waals surface area contributed by atoms with E-state index >= 15 is 0 Å². The first-order chi connectivity index (χ1) is 21.8. The van der Waals surface area contributed by atoms with E-state index in [0.717, 1.165) is 77.8 Å². The highest BCUT2D eigenvalue weighted by atomic mass is 14.8. The molecule has 44 heavy (non-hydrogen) atoms. The maximum Gasteiger partial charge on any atom is 0.0978 e. The van der Waals surface area contributed by atoms with Crippen molar-refractivity contribution in [3.05, 3.63) is 158 Å². The average Bonchev–Trinajstić information content (AvgIpc) is 3.12. The Hall–Kier alpha value is -6.00. The van der Waals surface area contributed by atoms with Gasteiger partial charge in [0.2, 0.25) is 0 Å². The summed E-state index contributed by atoms with van der Waals surface area (Å²) in [5, 5.41) is 2.14. The lowest BCUT2D eigenvalue weighted by molar-refractivity contribution is 1.33. The van der Waals surface area contributed by atoms with Crippen molar-refractivity contribution in [1.82, 2.24) is 19.9 Å². The van der Waals surface area contributed by atoms with Gasteiger partial charge in [0.15, 0.2) is 0 Å². The Morgan fingerprint density at radius 3 is 1.43 bits per heavy atom. The molecule has 0 saturated carbocycles. The molecule has 4 heteroatoms. The molecule has 0 aliphatic heterocycles. The molecule has 4 nitrogen and oxygen atoms in total. The maximum absolute atomic E-state index is 5.23. The van der Waals surface area contributed by atoms with Crippen LogP contribution in [0.25, 0.3) is 77.8 Å². The van der Waals surface area contributed by atoms with Crippen LogP contribution in [-0.2, 0) is 0 Å². The number of benzene rings is 4. The Kier molecular flexibility index (Phi) is 6.43. The largest absolute Gasteiger partial charge is 0.256 e. The number of hydrogen-bond acceptors (Lipinski definition) is 4. The van der Waals surface area contributed by atoms with Crippen molar-refractivity contribution < 1.29 is 0 Å². The fraction of sp³-hybridized carbons (Fsp3) is 0. The molecule has 0 spiro atoms. The Balaban J connectivity index is 1.29. The zero-order valence-corrected chi connectivity index (χ0v) is 23.8. The number of nitrogens with zero attached hydrogens (tertiary/aromatic N) is 4. The Morgan fingerprint density at radius 1 is 0.318 bits per heavy atom. The lowest BCUT2D eigenvalue weighted by Crippen LogP contribution is -1.94. The van der Waals surface area contributed by atoms with E-state index < -0.39 is 0 Å². The van der Waals surface area contributed by atoms with Crippen LogP contribution in [0.3, 0.4) is 0 Å². The van der Waals surface area contributed by atoms with E-state index in [0.29, 0.717) is 0 Å². The molecule has 0 aliphatic carbocycles. The second kappa shape index (κ2) is 11.0. The van der Waals surface area contributed by atoms with Gasteiger partial charge < -0.3 is 0 Å². The molecule has 0 N–H and O–H groups in total. The standard InChI is InChI=1S/C40H26N4/c1-2-8-29(9-3-1)38-26-35(28-14-18-31(19-15-28)37-11-5-7-24-42-37)34-21-20-33-32(22-25-43-39(33)40(34)44-38)27-12-16-30(17-13-27)36-10-4-6-23-41-36/h1-26H. The van der Waals surface area contributed by atoms with Gasteiger partial charge >= 0.3 is 0 Å². The van der Waals surface area contributed by atoms with Gasteiger partial charge in [0.05, 0.1) is 28.1 Å². The number of rotatable bonds is 5. The van der Waals surface area contributed by atoms with E-state index in [9.17, 15) is 0 Å². The van der Waals surface area contributed by atoms with Gasteiger partial charge in [0, 0.05) is 46.1 Å². The van der Waals surface area contributed by atoms with Gasteiger partial charge in [-0.1, -0.05) is 103 Å². The third-order valence-electron chi connectivity index (χ3n) is 8.07. The minimum atomic E-state index is 0.887. The summed E-state index contributed by atoms with van der Waals surface area (Å²) in [6.45, 7) is 0. The average molecular weight is 563 g/mol. The molecular weight excluding hydrogens is 536 g/mol. The highest BCUT2D eigenvalue weighted by Crippen LogP contribution is 2.38. The molecule has 0 fully saturated rings. The predicted octanol–water partition coefficient (Wildman–Crippen LogP) is 9.91. The van der Waals surface area contributed by atoms with Crippen LogP contribution >= 0.6 is 0 Å². The highest BCUT2D eigenvalue weighted by molar-refractivity contribution is 6.12. The molecule has 8 rings (SSSR count).